The number of aryl methyl sites for hydroxylation is 1. The van der Waals surface area contributed by atoms with Crippen molar-refractivity contribution in [1.82, 2.24) is 9.47 Å². The van der Waals surface area contributed by atoms with Gasteiger partial charge < -0.3 is 23.7 Å². The van der Waals surface area contributed by atoms with Crippen molar-refractivity contribution in [3.63, 3.8) is 0 Å². The van der Waals surface area contributed by atoms with Crippen LogP contribution in [-0.2, 0) is 13.5 Å². The van der Waals surface area contributed by atoms with E-state index in [1.165, 1.54) is 22.2 Å². The van der Waals surface area contributed by atoms with Gasteiger partial charge in [-0.3, -0.25) is 4.90 Å². The number of benzene rings is 2. The fourth-order valence-corrected chi connectivity index (χ4v) is 4.43. The van der Waals surface area contributed by atoms with E-state index in [-0.39, 0.29) is 0 Å². The van der Waals surface area contributed by atoms with Gasteiger partial charge in [0, 0.05) is 57.4 Å². The van der Waals surface area contributed by atoms with Crippen molar-refractivity contribution in [2.75, 3.05) is 51.5 Å². The van der Waals surface area contributed by atoms with Crippen LogP contribution < -0.4 is 19.1 Å². The van der Waals surface area contributed by atoms with Crippen LogP contribution in [0.4, 0.5) is 5.69 Å². The molecule has 152 valence electrons. The Labute approximate surface area is 171 Å². The molecule has 0 amide bonds. The number of methoxy groups -OCH3 is 1. The molecule has 1 saturated heterocycles. The van der Waals surface area contributed by atoms with E-state index >= 15 is 0 Å². The van der Waals surface area contributed by atoms with Crippen molar-refractivity contribution in [3.8, 4) is 17.2 Å². The van der Waals surface area contributed by atoms with Gasteiger partial charge in [0.25, 0.3) is 0 Å². The number of piperazine rings is 1. The van der Waals surface area contributed by atoms with E-state index in [1.807, 2.05) is 12.1 Å². The zero-order valence-corrected chi connectivity index (χ0v) is 17.1. The van der Waals surface area contributed by atoms with E-state index in [9.17, 15) is 0 Å². The van der Waals surface area contributed by atoms with Crippen molar-refractivity contribution in [2.24, 2.45) is 7.05 Å². The maximum absolute atomic E-state index is 5.58. The minimum Gasteiger partial charge on any atom is -0.495 e. The lowest BCUT2D eigenvalue weighted by Crippen LogP contribution is -2.47. The molecule has 1 fully saturated rings. The first-order valence-electron chi connectivity index (χ1n) is 10.2. The summed E-state index contributed by atoms with van der Waals surface area (Å²) >= 11 is 0. The van der Waals surface area contributed by atoms with Gasteiger partial charge in [0.15, 0.2) is 11.5 Å². The van der Waals surface area contributed by atoms with Gasteiger partial charge in [-0.25, -0.2) is 0 Å². The van der Waals surface area contributed by atoms with E-state index in [2.05, 4.69) is 51.9 Å². The molecule has 1 aromatic heterocycles. The molecule has 2 aromatic carbocycles. The molecule has 0 aliphatic carbocycles. The van der Waals surface area contributed by atoms with E-state index in [0.29, 0.717) is 6.79 Å². The average Bonchev–Trinajstić information content (AvgIpc) is 3.35. The number of anilines is 1. The Morgan fingerprint density at radius 2 is 1.76 bits per heavy atom. The molecule has 0 spiro atoms. The average molecular weight is 393 g/mol. The van der Waals surface area contributed by atoms with E-state index in [1.54, 1.807) is 7.11 Å². The summed E-state index contributed by atoms with van der Waals surface area (Å²) in [4.78, 5) is 4.98. The molecule has 2 aliphatic rings. The Bertz CT molecular complexity index is 1020. The van der Waals surface area contributed by atoms with Gasteiger partial charge in [0.1, 0.15) is 5.75 Å². The molecule has 6 heteroatoms. The van der Waals surface area contributed by atoms with Crippen LogP contribution in [0.2, 0.25) is 0 Å². The van der Waals surface area contributed by atoms with Crippen molar-refractivity contribution in [3.05, 3.63) is 48.2 Å². The summed E-state index contributed by atoms with van der Waals surface area (Å²) in [5.74, 6) is 2.66. The highest BCUT2D eigenvalue weighted by Gasteiger charge is 2.21. The molecule has 0 N–H and O–H groups in total. The molecule has 0 unspecified atom stereocenters. The van der Waals surface area contributed by atoms with Crippen LogP contribution in [0, 0.1) is 0 Å². The highest BCUT2D eigenvalue weighted by atomic mass is 16.7. The predicted octanol–water partition coefficient (Wildman–Crippen LogP) is 3.28. The summed E-state index contributed by atoms with van der Waals surface area (Å²) in [5, 5.41) is 1.27. The number of para-hydroxylation sites is 2. The third-order valence-electron chi connectivity index (χ3n) is 6.06. The molecule has 3 aromatic rings. The fourth-order valence-electron chi connectivity index (χ4n) is 4.43. The van der Waals surface area contributed by atoms with Crippen LogP contribution >= 0.6 is 0 Å². The Balaban J connectivity index is 1.24. The zero-order valence-electron chi connectivity index (χ0n) is 17.1. The number of fused-ring (bicyclic) bond motifs is 2. The van der Waals surface area contributed by atoms with Crippen LogP contribution in [0.1, 0.15) is 5.56 Å². The van der Waals surface area contributed by atoms with Crippen molar-refractivity contribution >= 4 is 16.6 Å². The maximum atomic E-state index is 5.58. The molecular formula is C23H27N3O3. The van der Waals surface area contributed by atoms with Gasteiger partial charge in [-0.1, -0.05) is 12.1 Å². The van der Waals surface area contributed by atoms with Gasteiger partial charge in [-0.15, -0.1) is 0 Å². The standard InChI is InChI=1S/C23H27N3O3/c1-24-15-17(18-13-22-23(14-20(18)24)29-16-28-22)7-8-25-9-11-26(12-10-25)19-5-3-4-6-21(19)27-2/h3-6,13-15H,7-12,16H2,1-2H3. The number of aromatic nitrogens is 1. The van der Waals surface area contributed by atoms with E-state index in [4.69, 9.17) is 14.2 Å². The largest absolute Gasteiger partial charge is 0.495 e. The molecule has 0 atom stereocenters. The maximum Gasteiger partial charge on any atom is 0.231 e. The Hall–Kier alpha value is -2.86. The van der Waals surface area contributed by atoms with Gasteiger partial charge in [-0.2, -0.15) is 0 Å². The SMILES string of the molecule is COc1ccccc1N1CCN(CCc2cn(C)c3cc4c(cc23)OCO4)CC1. The third kappa shape index (κ3) is 3.38. The molecular weight excluding hydrogens is 366 g/mol. The number of nitrogens with zero attached hydrogens (tertiary/aromatic N) is 3. The molecule has 0 radical (unpaired) electrons. The van der Waals surface area contributed by atoms with E-state index < -0.39 is 0 Å². The molecule has 3 heterocycles. The Kier molecular flexibility index (Phi) is 4.72. The molecule has 6 nitrogen and oxygen atoms in total. The second-order valence-corrected chi connectivity index (χ2v) is 7.74. The summed E-state index contributed by atoms with van der Waals surface area (Å²) in [5.41, 5.74) is 3.76. The molecule has 2 aliphatic heterocycles. The van der Waals surface area contributed by atoms with Crippen LogP contribution in [-0.4, -0.2) is 56.1 Å². The van der Waals surface area contributed by atoms with Crippen molar-refractivity contribution in [2.45, 2.75) is 6.42 Å². The summed E-state index contributed by atoms with van der Waals surface area (Å²) in [6.07, 6.45) is 3.27. The van der Waals surface area contributed by atoms with Crippen molar-refractivity contribution < 1.29 is 14.2 Å². The van der Waals surface area contributed by atoms with Crippen LogP contribution in [0.5, 0.6) is 17.2 Å². The van der Waals surface area contributed by atoms with E-state index in [0.717, 1.165) is 56.4 Å². The first-order chi connectivity index (χ1) is 14.2. The van der Waals surface area contributed by atoms with Crippen LogP contribution in [0.15, 0.2) is 42.6 Å². The summed E-state index contributed by atoms with van der Waals surface area (Å²) < 4.78 is 18.8. The lowest BCUT2D eigenvalue weighted by Gasteiger charge is -2.36. The smallest absolute Gasteiger partial charge is 0.231 e. The topological polar surface area (TPSA) is 39.1 Å². The number of rotatable bonds is 5. The van der Waals surface area contributed by atoms with Gasteiger partial charge in [-0.05, 0) is 30.2 Å². The third-order valence-corrected chi connectivity index (χ3v) is 6.06. The minimum absolute atomic E-state index is 0.317. The molecule has 0 bridgehead atoms. The summed E-state index contributed by atoms with van der Waals surface area (Å²) in [7, 11) is 3.84. The Morgan fingerprint density at radius 3 is 2.55 bits per heavy atom. The molecule has 5 rings (SSSR count). The first kappa shape index (κ1) is 18.2. The lowest BCUT2D eigenvalue weighted by atomic mass is 10.1. The van der Waals surface area contributed by atoms with Crippen LogP contribution in [0.3, 0.4) is 0 Å². The monoisotopic (exact) mass is 393 g/mol. The van der Waals surface area contributed by atoms with Crippen molar-refractivity contribution in [1.29, 1.82) is 0 Å². The molecule has 29 heavy (non-hydrogen) atoms. The quantitative estimate of drug-likeness (QED) is 0.665. The number of ether oxygens (including phenoxy) is 3. The normalized spacial score (nSPS) is 16.6. The zero-order chi connectivity index (χ0) is 19.8. The van der Waals surface area contributed by atoms with Gasteiger partial charge >= 0.3 is 0 Å². The summed E-state index contributed by atoms with van der Waals surface area (Å²) in [6.45, 7) is 5.55. The number of hydrogen-bond acceptors (Lipinski definition) is 5. The lowest BCUT2D eigenvalue weighted by molar-refractivity contribution is 0.174. The highest BCUT2D eigenvalue weighted by molar-refractivity contribution is 5.87. The minimum atomic E-state index is 0.317. The predicted molar refractivity (Wildman–Crippen MR) is 114 cm³/mol. The van der Waals surface area contributed by atoms with Gasteiger partial charge in [0.05, 0.1) is 18.3 Å². The second-order valence-electron chi connectivity index (χ2n) is 7.74. The second kappa shape index (κ2) is 7.52. The fraction of sp³-hybridized carbons (Fsp3) is 0.391. The molecule has 0 saturated carbocycles. The highest BCUT2D eigenvalue weighted by Crippen LogP contribution is 2.37. The summed E-state index contributed by atoms with van der Waals surface area (Å²) in [6, 6.07) is 12.5. The number of hydrogen-bond donors (Lipinski definition) is 0. The Morgan fingerprint density at radius 1 is 1.00 bits per heavy atom. The van der Waals surface area contributed by atoms with Gasteiger partial charge in [0.2, 0.25) is 6.79 Å². The first-order valence-corrected chi connectivity index (χ1v) is 10.2. The van der Waals surface area contributed by atoms with Crippen LogP contribution in [0.25, 0.3) is 10.9 Å².